The second kappa shape index (κ2) is 4.60. The predicted octanol–water partition coefficient (Wildman–Crippen LogP) is 1.99. The number of alkyl halides is 1. The van der Waals surface area contributed by atoms with E-state index in [-0.39, 0.29) is 0 Å². The lowest BCUT2D eigenvalue weighted by Crippen LogP contribution is -1.97. The molecule has 1 aromatic rings. The molecule has 0 saturated heterocycles. The summed E-state index contributed by atoms with van der Waals surface area (Å²) in [6, 6.07) is 2.94. The van der Waals surface area contributed by atoms with E-state index in [0.29, 0.717) is 28.9 Å². The number of ether oxygens (including phenoxy) is 2. The van der Waals surface area contributed by atoms with Gasteiger partial charge in [-0.2, -0.15) is 0 Å². The largest absolute Gasteiger partial charge is 0.493 e. The molecule has 76 valence electrons. The first-order valence-electron chi connectivity index (χ1n) is 4.02. The van der Waals surface area contributed by atoms with E-state index < -0.39 is 6.67 Å². The van der Waals surface area contributed by atoms with E-state index >= 15 is 0 Å². The van der Waals surface area contributed by atoms with Crippen molar-refractivity contribution in [2.24, 2.45) is 0 Å². The van der Waals surface area contributed by atoms with Crippen molar-refractivity contribution in [2.45, 2.75) is 6.67 Å². The number of hydrogen-bond donors (Lipinski definition) is 0. The molecular weight excluding hydrogens is 187 g/mol. The molecule has 0 aliphatic heterocycles. The van der Waals surface area contributed by atoms with Crippen molar-refractivity contribution >= 4 is 6.29 Å². The molecule has 0 spiro atoms. The van der Waals surface area contributed by atoms with Gasteiger partial charge in [0.1, 0.15) is 6.67 Å². The van der Waals surface area contributed by atoms with Gasteiger partial charge in [-0.25, -0.2) is 4.39 Å². The summed E-state index contributed by atoms with van der Waals surface area (Å²) in [5.41, 5.74) is 0.684. The van der Waals surface area contributed by atoms with E-state index in [2.05, 4.69) is 0 Å². The molecule has 3 nitrogen and oxygen atoms in total. The average molecular weight is 198 g/mol. The molecule has 14 heavy (non-hydrogen) atoms. The maximum Gasteiger partial charge on any atom is 0.171 e. The van der Waals surface area contributed by atoms with Crippen molar-refractivity contribution in [1.82, 2.24) is 0 Å². The zero-order valence-corrected chi connectivity index (χ0v) is 8.04. The minimum absolute atomic E-state index is 0.291. The van der Waals surface area contributed by atoms with E-state index in [1.54, 1.807) is 0 Å². The Morgan fingerprint density at radius 3 is 2.50 bits per heavy atom. The second-order valence-corrected chi connectivity index (χ2v) is 2.67. The van der Waals surface area contributed by atoms with E-state index in [1.165, 1.54) is 26.4 Å². The van der Waals surface area contributed by atoms with Crippen LogP contribution in [0.15, 0.2) is 12.1 Å². The van der Waals surface area contributed by atoms with Gasteiger partial charge in [-0.05, 0) is 17.7 Å². The quantitative estimate of drug-likeness (QED) is 0.694. The van der Waals surface area contributed by atoms with Gasteiger partial charge >= 0.3 is 0 Å². The van der Waals surface area contributed by atoms with E-state index in [1.807, 2.05) is 0 Å². The third-order valence-electron chi connectivity index (χ3n) is 1.85. The average Bonchev–Trinajstić information content (AvgIpc) is 2.26. The molecule has 1 rings (SSSR count). The van der Waals surface area contributed by atoms with Gasteiger partial charge in [-0.3, -0.25) is 4.79 Å². The van der Waals surface area contributed by atoms with Gasteiger partial charge in [0.05, 0.1) is 19.8 Å². The van der Waals surface area contributed by atoms with Crippen molar-refractivity contribution < 1.29 is 18.7 Å². The van der Waals surface area contributed by atoms with Crippen molar-refractivity contribution in [3.63, 3.8) is 0 Å². The molecule has 0 radical (unpaired) electrons. The first-order valence-corrected chi connectivity index (χ1v) is 4.02. The van der Waals surface area contributed by atoms with Crippen LogP contribution in [0.3, 0.4) is 0 Å². The fourth-order valence-corrected chi connectivity index (χ4v) is 1.22. The van der Waals surface area contributed by atoms with Gasteiger partial charge in [0, 0.05) is 0 Å². The first kappa shape index (κ1) is 10.5. The summed E-state index contributed by atoms with van der Waals surface area (Å²) in [6.07, 6.45) is 0.612. The summed E-state index contributed by atoms with van der Waals surface area (Å²) in [6.45, 7) is -0.638. The van der Waals surface area contributed by atoms with Crippen LogP contribution in [0.2, 0.25) is 0 Å². The summed E-state index contributed by atoms with van der Waals surface area (Å²) in [7, 11) is 2.87. The van der Waals surface area contributed by atoms with Crippen LogP contribution in [0.1, 0.15) is 15.9 Å². The summed E-state index contributed by atoms with van der Waals surface area (Å²) >= 11 is 0. The maximum absolute atomic E-state index is 12.4. The van der Waals surface area contributed by atoms with Crippen molar-refractivity contribution in [3.8, 4) is 11.5 Å². The fraction of sp³-hybridized carbons (Fsp3) is 0.300. The van der Waals surface area contributed by atoms with Gasteiger partial charge in [-0.15, -0.1) is 0 Å². The third-order valence-corrected chi connectivity index (χ3v) is 1.85. The number of hydrogen-bond acceptors (Lipinski definition) is 3. The van der Waals surface area contributed by atoms with Crippen LogP contribution in [-0.4, -0.2) is 20.5 Å². The third kappa shape index (κ3) is 1.84. The molecule has 0 unspecified atom stereocenters. The topological polar surface area (TPSA) is 35.5 Å². The molecule has 1 aromatic carbocycles. The highest BCUT2D eigenvalue weighted by Gasteiger charge is 2.11. The highest BCUT2D eigenvalue weighted by molar-refractivity contribution is 5.81. The van der Waals surface area contributed by atoms with E-state index in [0.717, 1.165) is 0 Å². The van der Waals surface area contributed by atoms with Crippen LogP contribution >= 0.6 is 0 Å². The monoisotopic (exact) mass is 198 g/mol. The lowest BCUT2D eigenvalue weighted by molar-refractivity contribution is 0.112. The summed E-state index contributed by atoms with van der Waals surface area (Å²) in [4.78, 5) is 10.7. The lowest BCUT2D eigenvalue weighted by atomic mass is 10.1. The molecule has 4 heteroatoms. The standard InChI is InChI=1S/C10H11FO3/c1-13-9-4-7(5-11)3-8(6-12)10(9)14-2/h3-4,6H,5H2,1-2H3. The van der Waals surface area contributed by atoms with E-state index in [9.17, 15) is 9.18 Å². The number of benzene rings is 1. The number of methoxy groups -OCH3 is 2. The summed E-state index contributed by atoms with van der Waals surface area (Å²) in [5, 5.41) is 0. The van der Waals surface area contributed by atoms with Gasteiger partial charge in [-0.1, -0.05) is 0 Å². The molecule has 0 heterocycles. The molecular formula is C10H11FO3. The number of halogens is 1. The Bertz CT molecular complexity index is 336. The normalized spacial score (nSPS) is 9.64. The van der Waals surface area contributed by atoms with Crippen LogP contribution in [0.5, 0.6) is 11.5 Å². The Labute approximate surface area is 81.4 Å². The van der Waals surface area contributed by atoms with Crippen LogP contribution < -0.4 is 9.47 Å². The second-order valence-electron chi connectivity index (χ2n) is 2.67. The van der Waals surface area contributed by atoms with E-state index in [4.69, 9.17) is 9.47 Å². The molecule has 0 bridgehead atoms. The first-order chi connectivity index (χ1) is 6.76. The fourth-order valence-electron chi connectivity index (χ4n) is 1.22. The number of carbonyl (C=O) groups excluding carboxylic acids is 1. The van der Waals surface area contributed by atoms with Gasteiger partial charge < -0.3 is 9.47 Å². The Kier molecular flexibility index (Phi) is 3.45. The zero-order chi connectivity index (χ0) is 10.6. The van der Waals surface area contributed by atoms with Gasteiger partial charge in [0.25, 0.3) is 0 Å². The van der Waals surface area contributed by atoms with Crippen LogP contribution in [0, 0.1) is 0 Å². The molecule has 0 aliphatic carbocycles. The Morgan fingerprint density at radius 1 is 1.36 bits per heavy atom. The Balaban J connectivity index is 3.31. The van der Waals surface area contributed by atoms with Crippen molar-refractivity contribution in [2.75, 3.05) is 14.2 Å². The van der Waals surface area contributed by atoms with Gasteiger partial charge in [0.2, 0.25) is 0 Å². The molecule has 0 N–H and O–H groups in total. The minimum atomic E-state index is -0.638. The highest BCUT2D eigenvalue weighted by Crippen LogP contribution is 2.31. The van der Waals surface area contributed by atoms with Gasteiger partial charge in [0.15, 0.2) is 17.8 Å². The predicted molar refractivity (Wildman–Crippen MR) is 49.7 cm³/mol. The molecule has 0 fully saturated rings. The van der Waals surface area contributed by atoms with Crippen LogP contribution in [-0.2, 0) is 6.67 Å². The number of rotatable bonds is 4. The Morgan fingerprint density at radius 2 is 2.07 bits per heavy atom. The molecule has 0 saturated carbocycles. The molecule has 0 amide bonds. The van der Waals surface area contributed by atoms with Crippen LogP contribution in [0.4, 0.5) is 4.39 Å². The van der Waals surface area contributed by atoms with Crippen molar-refractivity contribution in [1.29, 1.82) is 0 Å². The van der Waals surface area contributed by atoms with Crippen LogP contribution in [0.25, 0.3) is 0 Å². The smallest absolute Gasteiger partial charge is 0.171 e. The zero-order valence-electron chi connectivity index (χ0n) is 8.04. The SMILES string of the molecule is COc1cc(CF)cc(C=O)c1OC. The highest BCUT2D eigenvalue weighted by atomic mass is 19.1. The summed E-state index contributed by atoms with van der Waals surface area (Å²) < 4.78 is 22.3. The minimum Gasteiger partial charge on any atom is -0.493 e. The molecule has 0 atom stereocenters. The maximum atomic E-state index is 12.4. The molecule has 0 aliphatic rings. The van der Waals surface area contributed by atoms with Crippen molar-refractivity contribution in [3.05, 3.63) is 23.3 Å². The summed E-state index contributed by atoms with van der Waals surface area (Å²) in [5.74, 6) is 0.699. The lowest BCUT2D eigenvalue weighted by Gasteiger charge is -2.10. The number of aldehydes is 1. The Hall–Kier alpha value is -1.58. The molecule has 0 aromatic heterocycles. The number of carbonyl (C=O) groups is 1.